The van der Waals surface area contributed by atoms with E-state index >= 15 is 0 Å². The number of amides is 1. The second-order valence-corrected chi connectivity index (χ2v) is 7.70. The van der Waals surface area contributed by atoms with Gasteiger partial charge in [0.25, 0.3) is 5.91 Å². The molecule has 0 radical (unpaired) electrons. The second kappa shape index (κ2) is 8.04. The molecule has 1 amide bonds. The number of hydrogen-bond acceptors (Lipinski definition) is 2. The van der Waals surface area contributed by atoms with Crippen LogP contribution in [0.3, 0.4) is 0 Å². The normalized spacial score (nSPS) is 13.5. The van der Waals surface area contributed by atoms with Gasteiger partial charge in [0.05, 0.1) is 17.1 Å². The Balaban J connectivity index is 1.89. The van der Waals surface area contributed by atoms with Gasteiger partial charge in [-0.15, -0.1) is 0 Å². The maximum Gasteiger partial charge on any atom is 0.251 e. The summed E-state index contributed by atoms with van der Waals surface area (Å²) in [4.78, 5) is 17.4. The monoisotopic (exact) mass is 413 g/mol. The molecule has 26 heavy (non-hydrogen) atoms. The summed E-state index contributed by atoms with van der Waals surface area (Å²) in [6.07, 6.45) is 1.10. The lowest BCUT2D eigenvalue weighted by atomic mass is 10.1. The van der Waals surface area contributed by atoms with E-state index in [0.717, 1.165) is 34.3 Å². The summed E-state index contributed by atoms with van der Waals surface area (Å²) in [7, 11) is 0. The Kier molecular flexibility index (Phi) is 5.77. The number of benzene rings is 2. The number of hydrogen-bond donors (Lipinski definition) is 1. The number of imidazole rings is 1. The Morgan fingerprint density at radius 3 is 2.54 bits per heavy atom. The van der Waals surface area contributed by atoms with Crippen molar-refractivity contribution < 1.29 is 4.79 Å². The van der Waals surface area contributed by atoms with Crippen molar-refractivity contribution >= 4 is 32.9 Å². The molecule has 1 aromatic heterocycles. The Labute approximate surface area is 162 Å². The van der Waals surface area contributed by atoms with E-state index in [4.69, 9.17) is 4.98 Å². The number of para-hydroxylation sites is 2. The second-order valence-electron chi connectivity index (χ2n) is 6.78. The van der Waals surface area contributed by atoms with Crippen LogP contribution in [-0.4, -0.2) is 15.5 Å². The van der Waals surface area contributed by atoms with Crippen molar-refractivity contribution in [2.24, 2.45) is 5.92 Å². The van der Waals surface area contributed by atoms with Gasteiger partial charge in [-0.3, -0.25) is 4.79 Å². The van der Waals surface area contributed by atoms with Crippen LogP contribution in [0.2, 0.25) is 0 Å². The average molecular weight is 414 g/mol. The van der Waals surface area contributed by atoms with Crippen molar-refractivity contribution in [3.05, 3.63) is 64.4 Å². The molecule has 136 valence electrons. The topological polar surface area (TPSA) is 46.9 Å². The lowest BCUT2D eigenvalue weighted by Crippen LogP contribution is -2.29. The molecule has 3 rings (SSSR count). The highest BCUT2D eigenvalue weighted by Crippen LogP contribution is 2.23. The molecule has 2 aromatic carbocycles. The molecule has 2 unspecified atom stereocenters. The van der Waals surface area contributed by atoms with Crippen molar-refractivity contribution in [2.75, 3.05) is 0 Å². The van der Waals surface area contributed by atoms with Crippen LogP contribution in [0.4, 0.5) is 0 Å². The third kappa shape index (κ3) is 3.98. The van der Waals surface area contributed by atoms with Gasteiger partial charge >= 0.3 is 0 Å². The maximum absolute atomic E-state index is 12.6. The lowest BCUT2D eigenvalue weighted by molar-refractivity contribution is 0.0937. The molecule has 1 N–H and O–H groups in total. The minimum absolute atomic E-state index is 0.0906. The minimum Gasteiger partial charge on any atom is -0.342 e. The number of carbonyl (C=O) groups is 1. The first-order chi connectivity index (χ1) is 12.5. The zero-order chi connectivity index (χ0) is 18.7. The van der Waals surface area contributed by atoms with Crippen LogP contribution in [0.1, 0.15) is 49.4 Å². The molecule has 0 bridgehead atoms. The molecule has 0 saturated carbocycles. The Hall–Kier alpha value is -2.14. The van der Waals surface area contributed by atoms with Crippen LogP contribution < -0.4 is 5.32 Å². The highest BCUT2D eigenvalue weighted by atomic mass is 79.9. The van der Waals surface area contributed by atoms with Gasteiger partial charge in [-0.2, -0.15) is 0 Å². The number of fused-ring (bicyclic) bond motifs is 1. The van der Waals surface area contributed by atoms with Gasteiger partial charge in [-0.25, -0.2) is 4.98 Å². The van der Waals surface area contributed by atoms with Crippen LogP contribution in [0.25, 0.3) is 11.0 Å². The molecular formula is C21H24BrN3O. The third-order valence-corrected chi connectivity index (χ3v) is 5.25. The quantitative estimate of drug-likeness (QED) is 0.592. The molecule has 0 aliphatic heterocycles. The Bertz CT molecular complexity index is 901. The fraction of sp³-hybridized carbons (Fsp3) is 0.333. The van der Waals surface area contributed by atoms with Crippen LogP contribution in [0.15, 0.2) is 53.0 Å². The van der Waals surface area contributed by atoms with Gasteiger partial charge in [0.1, 0.15) is 5.82 Å². The summed E-state index contributed by atoms with van der Waals surface area (Å²) in [5, 5.41) is 3.09. The summed E-state index contributed by atoms with van der Waals surface area (Å²) >= 11 is 3.40. The van der Waals surface area contributed by atoms with Crippen LogP contribution in [0, 0.1) is 5.92 Å². The fourth-order valence-electron chi connectivity index (χ4n) is 3.00. The standard InChI is InChI=1S/C21H24BrN3O/c1-4-14(2)13-25-19-8-6-5-7-18(19)24-20(25)15(3)23-21(26)16-9-11-17(22)12-10-16/h5-12,14-15H,4,13H2,1-3H3,(H,23,26). The van der Waals surface area contributed by atoms with E-state index in [1.54, 1.807) is 0 Å². The zero-order valence-corrected chi connectivity index (χ0v) is 17.0. The van der Waals surface area contributed by atoms with Crippen molar-refractivity contribution in [1.29, 1.82) is 0 Å². The van der Waals surface area contributed by atoms with Gasteiger partial charge in [0, 0.05) is 16.6 Å². The van der Waals surface area contributed by atoms with Crippen molar-refractivity contribution in [3.63, 3.8) is 0 Å². The number of nitrogens with one attached hydrogen (secondary N) is 1. The van der Waals surface area contributed by atoms with E-state index < -0.39 is 0 Å². The van der Waals surface area contributed by atoms with Gasteiger partial charge in [-0.05, 0) is 49.2 Å². The lowest BCUT2D eigenvalue weighted by Gasteiger charge is -2.18. The SMILES string of the molecule is CCC(C)Cn1c(C(C)NC(=O)c2ccc(Br)cc2)nc2ccccc21. The van der Waals surface area contributed by atoms with E-state index in [-0.39, 0.29) is 11.9 Å². The predicted molar refractivity (Wildman–Crippen MR) is 109 cm³/mol. The molecule has 0 spiro atoms. The van der Waals surface area contributed by atoms with Crippen LogP contribution in [0.5, 0.6) is 0 Å². The molecule has 0 aliphatic carbocycles. The van der Waals surface area contributed by atoms with E-state index in [1.807, 2.05) is 49.4 Å². The van der Waals surface area contributed by atoms with Gasteiger partial charge in [-0.1, -0.05) is 48.3 Å². The zero-order valence-electron chi connectivity index (χ0n) is 15.4. The van der Waals surface area contributed by atoms with Gasteiger partial charge in [0.2, 0.25) is 0 Å². The summed E-state index contributed by atoms with van der Waals surface area (Å²) in [6.45, 7) is 7.32. The molecule has 3 aromatic rings. The summed E-state index contributed by atoms with van der Waals surface area (Å²) in [5.74, 6) is 1.35. The van der Waals surface area contributed by atoms with E-state index in [9.17, 15) is 4.79 Å². The van der Waals surface area contributed by atoms with Gasteiger partial charge < -0.3 is 9.88 Å². The average Bonchev–Trinajstić information content (AvgIpc) is 3.00. The van der Waals surface area contributed by atoms with E-state index in [2.05, 4.69) is 45.7 Å². The van der Waals surface area contributed by atoms with Crippen LogP contribution in [-0.2, 0) is 6.54 Å². The smallest absolute Gasteiger partial charge is 0.251 e. The molecule has 1 heterocycles. The summed E-state index contributed by atoms with van der Waals surface area (Å²) < 4.78 is 3.20. The third-order valence-electron chi connectivity index (χ3n) is 4.72. The molecule has 5 heteroatoms. The largest absolute Gasteiger partial charge is 0.342 e. The van der Waals surface area contributed by atoms with Crippen molar-refractivity contribution in [3.8, 4) is 0 Å². The number of carbonyl (C=O) groups excluding carboxylic acids is 1. The highest BCUT2D eigenvalue weighted by molar-refractivity contribution is 9.10. The predicted octanol–water partition coefficient (Wildman–Crippen LogP) is 5.34. The highest BCUT2D eigenvalue weighted by Gasteiger charge is 2.20. The molecular weight excluding hydrogens is 390 g/mol. The van der Waals surface area contributed by atoms with Gasteiger partial charge in [0.15, 0.2) is 0 Å². The van der Waals surface area contributed by atoms with Crippen molar-refractivity contribution in [1.82, 2.24) is 14.9 Å². The summed E-state index contributed by atoms with van der Waals surface area (Å²) in [5.41, 5.74) is 2.73. The molecule has 0 aliphatic rings. The molecule has 4 nitrogen and oxygen atoms in total. The number of nitrogens with zero attached hydrogens (tertiary/aromatic N) is 2. The molecule has 2 atom stereocenters. The number of halogens is 1. The summed E-state index contributed by atoms with van der Waals surface area (Å²) in [6, 6.07) is 15.3. The number of aromatic nitrogens is 2. The Morgan fingerprint density at radius 1 is 1.15 bits per heavy atom. The van der Waals surface area contributed by atoms with E-state index in [1.165, 1.54) is 0 Å². The van der Waals surface area contributed by atoms with Crippen LogP contribution >= 0.6 is 15.9 Å². The maximum atomic E-state index is 12.6. The molecule has 0 saturated heterocycles. The minimum atomic E-state index is -0.178. The fourth-order valence-corrected chi connectivity index (χ4v) is 3.27. The number of rotatable bonds is 6. The molecule has 0 fully saturated rings. The van der Waals surface area contributed by atoms with Crippen molar-refractivity contribution in [2.45, 2.75) is 39.8 Å². The first-order valence-electron chi connectivity index (χ1n) is 9.01. The van der Waals surface area contributed by atoms with E-state index in [0.29, 0.717) is 11.5 Å². The first kappa shape index (κ1) is 18.6. The Morgan fingerprint density at radius 2 is 1.85 bits per heavy atom. The first-order valence-corrected chi connectivity index (χ1v) is 9.80.